The molecule has 0 aliphatic rings. The fourth-order valence-electron chi connectivity index (χ4n) is 2.12. The average molecular weight is 367 g/mol. The zero-order valence-corrected chi connectivity index (χ0v) is 14.6. The van der Waals surface area contributed by atoms with Gasteiger partial charge in [0.25, 0.3) is 0 Å². The van der Waals surface area contributed by atoms with E-state index in [2.05, 4.69) is 20.1 Å². The Labute approximate surface area is 154 Å². The summed E-state index contributed by atoms with van der Waals surface area (Å²) in [6, 6.07) is 7.28. The van der Waals surface area contributed by atoms with Crippen LogP contribution in [0.25, 0.3) is 11.3 Å². The number of aromatic nitrogens is 4. The van der Waals surface area contributed by atoms with Gasteiger partial charge in [-0.2, -0.15) is 0 Å². The molecule has 3 aromatic rings. The third-order valence-electron chi connectivity index (χ3n) is 3.36. The molecule has 27 heavy (non-hydrogen) atoms. The van der Waals surface area contributed by atoms with Gasteiger partial charge in [-0.25, -0.2) is 15.0 Å². The molecule has 0 atom stereocenters. The molecule has 1 N–H and O–H groups in total. The molecule has 0 aromatic carbocycles. The van der Waals surface area contributed by atoms with Gasteiger partial charge in [0.2, 0.25) is 0 Å². The minimum atomic E-state index is -0.452. The summed E-state index contributed by atoms with van der Waals surface area (Å²) in [6.45, 7) is 1.81. The molecule has 0 bridgehead atoms. The monoisotopic (exact) mass is 367 g/mol. The minimum Gasteiger partial charge on any atom is -0.459 e. The lowest BCUT2D eigenvalue weighted by molar-refractivity contribution is -0.143. The summed E-state index contributed by atoms with van der Waals surface area (Å²) in [6.07, 6.45) is 4.64. The molecule has 0 radical (unpaired) electrons. The summed E-state index contributed by atoms with van der Waals surface area (Å²) in [5.41, 5.74) is 2.84. The van der Waals surface area contributed by atoms with E-state index in [0.29, 0.717) is 22.6 Å². The molecular formula is C18H17N5O4. The first-order valence-electron chi connectivity index (χ1n) is 8.10. The van der Waals surface area contributed by atoms with E-state index in [4.69, 9.17) is 19.4 Å². The molecule has 0 aliphatic carbocycles. The van der Waals surface area contributed by atoms with Crippen LogP contribution in [0.2, 0.25) is 0 Å². The Balaban J connectivity index is 1.60. The number of pyridine rings is 1. The Morgan fingerprint density at radius 1 is 1.15 bits per heavy atom. The summed E-state index contributed by atoms with van der Waals surface area (Å²) in [5.74, 6) is -0.452. The fourth-order valence-corrected chi connectivity index (χ4v) is 2.12. The molecule has 0 aliphatic heterocycles. The zero-order chi connectivity index (χ0) is 19.1. The quantitative estimate of drug-likeness (QED) is 0.476. The van der Waals surface area contributed by atoms with Crippen molar-refractivity contribution < 1.29 is 18.8 Å². The van der Waals surface area contributed by atoms with Crippen LogP contribution in [-0.4, -0.2) is 31.8 Å². The van der Waals surface area contributed by atoms with Crippen LogP contribution in [0.4, 0.5) is 0 Å². The van der Waals surface area contributed by atoms with E-state index in [1.54, 1.807) is 31.5 Å². The SMILES string of the molecule is CC(=N)CC(=O)OCc1cccc(-c2cnc(OCc3ccon3)nc2)n1. The predicted octanol–water partition coefficient (Wildman–Crippen LogP) is 2.58. The van der Waals surface area contributed by atoms with Gasteiger partial charge in [0, 0.05) is 29.7 Å². The van der Waals surface area contributed by atoms with E-state index >= 15 is 0 Å². The summed E-state index contributed by atoms with van der Waals surface area (Å²) < 4.78 is 15.3. The van der Waals surface area contributed by atoms with Crippen molar-refractivity contribution in [3.05, 3.63) is 54.3 Å². The maximum atomic E-state index is 11.5. The smallest absolute Gasteiger partial charge is 0.316 e. The molecule has 0 fully saturated rings. The zero-order valence-electron chi connectivity index (χ0n) is 14.6. The van der Waals surface area contributed by atoms with Crippen molar-refractivity contribution >= 4 is 11.7 Å². The van der Waals surface area contributed by atoms with Crippen molar-refractivity contribution in [2.45, 2.75) is 26.6 Å². The Hall–Kier alpha value is -3.62. The summed E-state index contributed by atoms with van der Waals surface area (Å²) >= 11 is 0. The van der Waals surface area contributed by atoms with E-state index in [0.717, 1.165) is 0 Å². The lowest BCUT2D eigenvalue weighted by atomic mass is 10.2. The van der Waals surface area contributed by atoms with Crippen molar-refractivity contribution in [3.8, 4) is 17.3 Å². The second kappa shape index (κ2) is 8.65. The number of esters is 1. The minimum absolute atomic E-state index is 0.0245. The molecule has 9 nitrogen and oxygen atoms in total. The standard InChI is InChI=1S/C18H17N5O4/c1-12(19)7-17(24)25-10-14-3-2-4-16(22-14)13-8-20-18(21-9-13)26-11-15-5-6-27-23-15/h2-6,8-9,19H,7,10-11H2,1H3. The Bertz CT molecular complexity index is 910. The van der Waals surface area contributed by atoms with Crippen LogP contribution >= 0.6 is 0 Å². The van der Waals surface area contributed by atoms with Gasteiger partial charge in [-0.05, 0) is 19.1 Å². The number of nitrogens with zero attached hydrogens (tertiary/aromatic N) is 4. The van der Waals surface area contributed by atoms with Crippen molar-refractivity contribution in [2.24, 2.45) is 0 Å². The molecule has 3 rings (SSSR count). The molecule has 0 saturated carbocycles. The fraction of sp³-hybridized carbons (Fsp3) is 0.222. The van der Waals surface area contributed by atoms with Crippen LogP contribution in [0.5, 0.6) is 6.01 Å². The molecule has 138 valence electrons. The third-order valence-corrected chi connectivity index (χ3v) is 3.36. The number of carbonyl (C=O) groups is 1. The summed E-state index contributed by atoms with van der Waals surface area (Å²) in [4.78, 5) is 24.3. The maximum Gasteiger partial charge on any atom is 0.316 e. The lowest BCUT2D eigenvalue weighted by Crippen LogP contribution is -2.09. The van der Waals surface area contributed by atoms with E-state index in [-0.39, 0.29) is 31.4 Å². The first kappa shape index (κ1) is 18.2. The summed E-state index contributed by atoms with van der Waals surface area (Å²) in [7, 11) is 0. The van der Waals surface area contributed by atoms with Crippen molar-refractivity contribution in [3.63, 3.8) is 0 Å². The summed E-state index contributed by atoms with van der Waals surface area (Å²) in [5, 5.41) is 11.0. The molecule has 3 heterocycles. The van der Waals surface area contributed by atoms with E-state index in [1.165, 1.54) is 6.26 Å². The van der Waals surface area contributed by atoms with Gasteiger partial charge in [0.05, 0.1) is 17.8 Å². The van der Waals surface area contributed by atoms with E-state index in [1.807, 2.05) is 12.1 Å². The highest BCUT2D eigenvalue weighted by molar-refractivity contribution is 5.95. The average Bonchev–Trinajstić information content (AvgIpc) is 3.18. The molecule has 0 spiro atoms. The third kappa shape index (κ3) is 5.43. The Morgan fingerprint density at radius 3 is 2.67 bits per heavy atom. The van der Waals surface area contributed by atoms with Crippen LogP contribution in [0, 0.1) is 5.41 Å². The van der Waals surface area contributed by atoms with E-state index < -0.39 is 5.97 Å². The van der Waals surface area contributed by atoms with Gasteiger partial charge in [0.1, 0.15) is 25.2 Å². The molecule has 0 saturated heterocycles. The first-order chi connectivity index (χ1) is 13.1. The molecular weight excluding hydrogens is 350 g/mol. The molecule has 0 amide bonds. The van der Waals surface area contributed by atoms with Crippen LogP contribution in [-0.2, 0) is 22.7 Å². The van der Waals surface area contributed by atoms with Crippen molar-refractivity contribution in [1.82, 2.24) is 20.1 Å². The Morgan fingerprint density at radius 2 is 1.96 bits per heavy atom. The number of rotatable bonds is 8. The Kier molecular flexibility index (Phi) is 5.83. The number of ether oxygens (including phenoxy) is 2. The highest BCUT2D eigenvalue weighted by atomic mass is 16.5. The first-order valence-corrected chi connectivity index (χ1v) is 8.10. The van der Waals surface area contributed by atoms with Gasteiger partial charge >= 0.3 is 12.0 Å². The topological polar surface area (TPSA) is 124 Å². The highest BCUT2D eigenvalue weighted by Gasteiger charge is 2.08. The molecule has 9 heteroatoms. The van der Waals surface area contributed by atoms with E-state index in [9.17, 15) is 4.79 Å². The van der Waals surface area contributed by atoms with Crippen LogP contribution in [0.1, 0.15) is 24.7 Å². The van der Waals surface area contributed by atoms with Crippen LogP contribution in [0.15, 0.2) is 47.4 Å². The van der Waals surface area contributed by atoms with Gasteiger partial charge < -0.3 is 19.4 Å². The van der Waals surface area contributed by atoms with Gasteiger partial charge in [-0.3, -0.25) is 4.79 Å². The van der Waals surface area contributed by atoms with Crippen LogP contribution in [0.3, 0.4) is 0 Å². The second-order valence-corrected chi connectivity index (χ2v) is 5.67. The number of hydrogen-bond donors (Lipinski definition) is 1. The van der Waals surface area contributed by atoms with Crippen molar-refractivity contribution in [1.29, 1.82) is 5.41 Å². The van der Waals surface area contributed by atoms with Gasteiger partial charge in [0.15, 0.2) is 0 Å². The normalized spacial score (nSPS) is 10.4. The molecule has 3 aromatic heterocycles. The number of nitrogens with one attached hydrogen (secondary N) is 1. The van der Waals surface area contributed by atoms with Gasteiger partial charge in [-0.15, -0.1) is 0 Å². The lowest BCUT2D eigenvalue weighted by Gasteiger charge is -2.07. The number of hydrogen-bond acceptors (Lipinski definition) is 9. The van der Waals surface area contributed by atoms with Gasteiger partial charge in [-0.1, -0.05) is 11.2 Å². The van der Waals surface area contributed by atoms with Crippen molar-refractivity contribution in [2.75, 3.05) is 0 Å². The highest BCUT2D eigenvalue weighted by Crippen LogP contribution is 2.17. The predicted molar refractivity (Wildman–Crippen MR) is 93.9 cm³/mol. The second-order valence-electron chi connectivity index (χ2n) is 5.67. The molecule has 0 unspecified atom stereocenters. The van der Waals surface area contributed by atoms with Crippen LogP contribution < -0.4 is 4.74 Å². The largest absolute Gasteiger partial charge is 0.459 e. The maximum absolute atomic E-state index is 11.5. The number of carbonyl (C=O) groups excluding carboxylic acids is 1.